The topological polar surface area (TPSA) is 49.8 Å². The van der Waals surface area contributed by atoms with Crippen molar-refractivity contribution in [1.82, 2.24) is 4.90 Å². The van der Waals surface area contributed by atoms with Crippen molar-refractivity contribution in [3.63, 3.8) is 0 Å². The first-order chi connectivity index (χ1) is 13.0. The summed E-state index contributed by atoms with van der Waals surface area (Å²) in [7, 11) is 0. The van der Waals surface area contributed by atoms with E-state index < -0.39 is 0 Å². The summed E-state index contributed by atoms with van der Waals surface area (Å²) in [5.41, 5.74) is 0.976. The largest absolute Gasteiger partial charge is 0.394 e. The average Bonchev–Trinajstić information content (AvgIpc) is 2.65. The molecule has 1 heterocycles. The number of hydrogen-bond acceptors (Lipinski definition) is 3. The molecule has 4 nitrogen and oxygen atoms in total. The van der Waals surface area contributed by atoms with Gasteiger partial charge in [-0.25, -0.2) is 0 Å². The molecule has 1 amide bonds. The predicted molar refractivity (Wildman–Crippen MR) is 109 cm³/mol. The van der Waals surface area contributed by atoms with E-state index in [2.05, 4.69) is 0 Å². The van der Waals surface area contributed by atoms with Gasteiger partial charge in [-0.1, -0.05) is 59.9 Å². The number of benzene rings is 2. The van der Waals surface area contributed by atoms with Crippen LogP contribution >= 0.6 is 34.8 Å². The molecule has 27 heavy (non-hydrogen) atoms. The number of morpholine rings is 1. The lowest BCUT2D eigenvalue weighted by molar-refractivity contribution is -0.153. The number of carbonyl (C=O) groups is 1. The van der Waals surface area contributed by atoms with Gasteiger partial charge >= 0.3 is 0 Å². The van der Waals surface area contributed by atoms with Crippen LogP contribution in [-0.4, -0.2) is 41.8 Å². The van der Waals surface area contributed by atoms with Crippen LogP contribution in [0.1, 0.15) is 24.9 Å². The van der Waals surface area contributed by atoms with Crippen molar-refractivity contribution in [2.75, 3.05) is 19.8 Å². The van der Waals surface area contributed by atoms with Gasteiger partial charge in [0.05, 0.1) is 25.3 Å². The van der Waals surface area contributed by atoms with E-state index in [-0.39, 0.29) is 31.2 Å². The molecule has 2 atom stereocenters. The molecule has 0 aromatic heterocycles. The van der Waals surface area contributed by atoms with Crippen molar-refractivity contribution in [2.24, 2.45) is 0 Å². The maximum atomic E-state index is 12.1. The van der Waals surface area contributed by atoms with Crippen molar-refractivity contribution in [1.29, 1.82) is 0 Å². The molecule has 0 spiro atoms. The van der Waals surface area contributed by atoms with E-state index in [4.69, 9.17) is 39.5 Å². The second-order valence-corrected chi connectivity index (χ2v) is 7.38. The Hall–Kier alpha value is -1.30. The first-order valence-corrected chi connectivity index (χ1v) is 9.76. The fraction of sp³-hybridized carbons (Fsp3) is 0.350. The molecule has 0 saturated carbocycles. The molecular formula is C20H22Cl3NO3. The third-order valence-electron chi connectivity index (χ3n) is 4.24. The summed E-state index contributed by atoms with van der Waals surface area (Å²) in [6.45, 7) is 2.46. The van der Waals surface area contributed by atoms with Crippen LogP contribution in [-0.2, 0) is 9.53 Å². The lowest BCUT2D eigenvalue weighted by Gasteiger charge is -2.40. The fourth-order valence-corrected chi connectivity index (χ4v) is 3.42. The van der Waals surface area contributed by atoms with Crippen LogP contribution in [0.4, 0.5) is 0 Å². The van der Waals surface area contributed by atoms with Crippen molar-refractivity contribution in [3.8, 4) is 0 Å². The number of ether oxygens (including phenoxy) is 1. The molecule has 0 radical (unpaired) electrons. The molecule has 2 aromatic rings. The third-order valence-corrected chi connectivity index (χ3v) is 4.96. The summed E-state index contributed by atoms with van der Waals surface area (Å²) < 4.78 is 5.34. The molecule has 0 bridgehead atoms. The van der Waals surface area contributed by atoms with E-state index in [9.17, 15) is 9.90 Å². The van der Waals surface area contributed by atoms with Crippen molar-refractivity contribution in [3.05, 3.63) is 69.2 Å². The zero-order chi connectivity index (χ0) is 19.8. The van der Waals surface area contributed by atoms with Gasteiger partial charge in [0, 0.05) is 15.1 Å². The van der Waals surface area contributed by atoms with Gasteiger partial charge in [-0.15, -0.1) is 0 Å². The van der Waals surface area contributed by atoms with Crippen LogP contribution in [0.2, 0.25) is 15.1 Å². The molecule has 3 rings (SSSR count). The molecule has 1 aliphatic heterocycles. The highest BCUT2D eigenvalue weighted by molar-refractivity contribution is 6.34. The first kappa shape index (κ1) is 22.0. The average molecular weight is 431 g/mol. The second kappa shape index (κ2) is 10.9. The zero-order valence-corrected chi connectivity index (χ0v) is 17.2. The van der Waals surface area contributed by atoms with Crippen molar-refractivity contribution >= 4 is 40.7 Å². The summed E-state index contributed by atoms with van der Waals surface area (Å²) in [5.74, 6) is -0.0768. The molecule has 1 fully saturated rings. The van der Waals surface area contributed by atoms with Gasteiger partial charge in [-0.2, -0.15) is 0 Å². The molecule has 7 heteroatoms. The number of nitrogens with zero attached hydrogens (tertiary/aromatic N) is 1. The zero-order valence-electron chi connectivity index (χ0n) is 14.9. The van der Waals surface area contributed by atoms with E-state index in [0.717, 1.165) is 5.56 Å². The minimum atomic E-state index is -0.169. The van der Waals surface area contributed by atoms with E-state index >= 15 is 0 Å². The Kier molecular flexibility index (Phi) is 8.87. The van der Waals surface area contributed by atoms with E-state index in [1.807, 2.05) is 25.1 Å². The minimum Gasteiger partial charge on any atom is -0.394 e. The SMILES string of the molecule is CC[C@@H](CO)N1C(=O)COC[C@H]1c1ccc(Cl)cc1.Clc1cccc(Cl)c1. The molecule has 0 unspecified atom stereocenters. The smallest absolute Gasteiger partial charge is 0.249 e. The number of carbonyl (C=O) groups excluding carboxylic acids is 1. The highest BCUT2D eigenvalue weighted by Crippen LogP contribution is 2.28. The molecular weight excluding hydrogens is 409 g/mol. The van der Waals surface area contributed by atoms with Gasteiger partial charge in [0.25, 0.3) is 0 Å². The first-order valence-electron chi connectivity index (χ1n) is 8.62. The van der Waals surface area contributed by atoms with Gasteiger partial charge in [-0.05, 0) is 42.3 Å². The van der Waals surface area contributed by atoms with Crippen molar-refractivity contribution in [2.45, 2.75) is 25.4 Å². The summed E-state index contributed by atoms with van der Waals surface area (Å²) in [6.07, 6.45) is 0.715. The maximum Gasteiger partial charge on any atom is 0.249 e. The van der Waals surface area contributed by atoms with Crippen LogP contribution in [0.25, 0.3) is 0 Å². The van der Waals surface area contributed by atoms with Gasteiger partial charge < -0.3 is 14.7 Å². The Bertz CT molecular complexity index is 718. The van der Waals surface area contributed by atoms with Crippen LogP contribution in [0.5, 0.6) is 0 Å². The number of amides is 1. The standard InChI is InChI=1S/C14H18ClNO3.C6H4Cl2/c1-2-12(7-17)16-13(8-19-9-14(16)18)10-3-5-11(15)6-4-10;7-5-2-1-3-6(8)4-5/h3-6,12-13,17H,2,7-9H2,1H3;1-4H/t12-,13-;/m0./s1. The van der Waals surface area contributed by atoms with Crippen LogP contribution in [0.15, 0.2) is 48.5 Å². The minimum absolute atomic E-state index is 0.0354. The van der Waals surface area contributed by atoms with Gasteiger partial charge in [0.15, 0.2) is 0 Å². The molecule has 0 aliphatic carbocycles. The Balaban J connectivity index is 0.000000273. The fourth-order valence-electron chi connectivity index (χ4n) is 2.86. The lowest BCUT2D eigenvalue weighted by Crippen LogP contribution is -2.50. The summed E-state index contributed by atoms with van der Waals surface area (Å²) in [6, 6.07) is 14.1. The molecule has 1 aliphatic rings. The summed E-state index contributed by atoms with van der Waals surface area (Å²) >= 11 is 17.0. The normalized spacial score (nSPS) is 17.9. The predicted octanol–water partition coefficient (Wildman–Crippen LogP) is 5.00. The Morgan fingerprint density at radius 2 is 1.74 bits per heavy atom. The third kappa shape index (κ3) is 6.37. The molecule has 2 aromatic carbocycles. The van der Waals surface area contributed by atoms with Crippen LogP contribution in [0, 0.1) is 0 Å². The lowest BCUT2D eigenvalue weighted by atomic mass is 10.0. The second-order valence-electron chi connectivity index (χ2n) is 6.07. The molecule has 1 N–H and O–H groups in total. The highest BCUT2D eigenvalue weighted by atomic mass is 35.5. The maximum absolute atomic E-state index is 12.1. The van der Waals surface area contributed by atoms with E-state index in [1.165, 1.54) is 0 Å². The molecule has 146 valence electrons. The molecule has 1 saturated heterocycles. The Labute approximate surface area is 174 Å². The monoisotopic (exact) mass is 429 g/mol. The Morgan fingerprint density at radius 3 is 2.22 bits per heavy atom. The summed E-state index contributed by atoms with van der Waals surface area (Å²) in [4.78, 5) is 13.8. The van der Waals surface area contributed by atoms with E-state index in [0.29, 0.717) is 28.1 Å². The number of rotatable bonds is 4. The number of aliphatic hydroxyl groups is 1. The Morgan fingerprint density at radius 1 is 1.11 bits per heavy atom. The quantitative estimate of drug-likeness (QED) is 0.742. The van der Waals surface area contributed by atoms with Gasteiger partial charge in [-0.3, -0.25) is 4.79 Å². The van der Waals surface area contributed by atoms with Gasteiger partial charge in [0.2, 0.25) is 5.91 Å². The highest BCUT2D eigenvalue weighted by Gasteiger charge is 2.34. The van der Waals surface area contributed by atoms with E-state index in [1.54, 1.807) is 35.2 Å². The number of aliphatic hydroxyl groups excluding tert-OH is 1. The van der Waals surface area contributed by atoms with Crippen LogP contribution in [0.3, 0.4) is 0 Å². The number of halogens is 3. The van der Waals surface area contributed by atoms with Gasteiger partial charge in [0.1, 0.15) is 6.61 Å². The number of hydrogen-bond donors (Lipinski definition) is 1. The van der Waals surface area contributed by atoms with Crippen LogP contribution < -0.4 is 0 Å². The van der Waals surface area contributed by atoms with Crippen molar-refractivity contribution < 1.29 is 14.6 Å². The summed E-state index contributed by atoms with van der Waals surface area (Å²) in [5, 5.41) is 11.5.